The van der Waals surface area contributed by atoms with Gasteiger partial charge < -0.3 is 5.11 Å². The molecule has 12 heavy (non-hydrogen) atoms. The fourth-order valence-corrected chi connectivity index (χ4v) is 0.767. The highest BCUT2D eigenvalue weighted by Gasteiger charge is 1.80. The average Bonchev–Trinajstić information content (AvgIpc) is 2.05. The molecule has 0 aliphatic carbocycles. The van der Waals surface area contributed by atoms with Crippen molar-refractivity contribution in [3.8, 4) is 0 Å². The van der Waals surface area contributed by atoms with Gasteiger partial charge in [-0.05, 0) is 5.56 Å². The zero-order valence-corrected chi connectivity index (χ0v) is 6.90. The van der Waals surface area contributed by atoms with Gasteiger partial charge in [0.1, 0.15) is 0 Å². The van der Waals surface area contributed by atoms with Gasteiger partial charge in [-0.15, -0.1) is 5.76 Å². The van der Waals surface area contributed by atoms with E-state index in [1.807, 2.05) is 30.3 Å². The molecule has 0 saturated heterocycles. The number of nitrogens with zero attached hydrogens (tertiary/aromatic N) is 1. The Morgan fingerprint density at radius 3 is 2.58 bits per heavy atom. The van der Waals surface area contributed by atoms with Crippen molar-refractivity contribution in [2.45, 2.75) is 6.92 Å². The predicted octanol–water partition coefficient (Wildman–Crippen LogP) is 1.33. The average molecular weight is 160 g/mol. The summed E-state index contributed by atoms with van der Waals surface area (Å²) < 4.78 is 0. The van der Waals surface area contributed by atoms with Crippen molar-refractivity contribution in [3.05, 3.63) is 47.9 Å². The Bertz CT molecular complexity index is 284. The van der Waals surface area contributed by atoms with Gasteiger partial charge in [-0.3, -0.25) is 4.99 Å². The molecule has 1 aromatic carbocycles. The zero-order valence-electron chi connectivity index (χ0n) is 6.90. The molecule has 0 aromatic heterocycles. The summed E-state index contributed by atoms with van der Waals surface area (Å²) in [6, 6.07) is 9.64. The van der Waals surface area contributed by atoms with Crippen LogP contribution in [-0.4, -0.2) is 6.21 Å². The molecule has 1 rings (SSSR count). The Hall–Kier alpha value is -1.57. The fourth-order valence-electron chi connectivity index (χ4n) is 0.767. The number of benzene rings is 1. The maximum absolute atomic E-state index is 10.5. The first-order valence-electron chi connectivity index (χ1n) is 3.71. The first kappa shape index (κ1) is 8.53. The topological polar surface area (TPSA) is 35.4 Å². The van der Waals surface area contributed by atoms with Gasteiger partial charge in [-0.25, -0.2) is 0 Å². The van der Waals surface area contributed by atoms with Gasteiger partial charge >= 0.3 is 0 Å². The highest BCUT2D eigenvalue weighted by atomic mass is 16.3. The Morgan fingerprint density at radius 2 is 2.00 bits per heavy atom. The van der Waals surface area contributed by atoms with Crippen LogP contribution in [0.1, 0.15) is 12.5 Å². The van der Waals surface area contributed by atoms with Crippen LogP contribution in [0.2, 0.25) is 0 Å². The van der Waals surface area contributed by atoms with Crippen molar-refractivity contribution in [1.29, 1.82) is 0 Å². The second kappa shape index (κ2) is 4.34. The molecule has 0 radical (unpaired) electrons. The quantitative estimate of drug-likeness (QED) is 0.474. The molecule has 0 N–H and O–H groups in total. The molecule has 0 amide bonds. The monoisotopic (exact) mass is 160 g/mol. The molecule has 0 saturated carbocycles. The van der Waals surface area contributed by atoms with E-state index in [0.29, 0.717) is 0 Å². The number of allylic oxidation sites excluding steroid dienone is 1. The number of aliphatic imine (C=N–C) groups is 1. The molecule has 2 nitrogen and oxygen atoms in total. The van der Waals surface area contributed by atoms with E-state index in [-0.39, 0.29) is 5.76 Å². The van der Waals surface area contributed by atoms with E-state index in [1.54, 1.807) is 6.21 Å². The van der Waals surface area contributed by atoms with Crippen molar-refractivity contribution >= 4 is 6.21 Å². The molecule has 1 aromatic rings. The lowest BCUT2D eigenvalue weighted by Gasteiger charge is -1.97. The van der Waals surface area contributed by atoms with Gasteiger partial charge in [0.05, 0.1) is 0 Å². The molecule has 2 heteroatoms. The summed E-state index contributed by atoms with van der Waals surface area (Å²) in [6.07, 6.45) is 2.95. The molecule has 0 atom stereocenters. The van der Waals surface area contributed by atoms with Crippen LogP contribution in [0.5, 0.6) is 0 Å². The summed E-state index contributed by atoms with van der Waals surface area (Å²) in [4.78, 5) is 3.84. The third-order valence-corrected chi connectivity index (χ3v) is 1.28. The van der Waals surface area contributed by atoms with Gasteiger partial charge in [0.15, 0.2) is 0 Å². The Labute approximate surface area is 71.9 Å². The van der Waals surface area contributed by atoms with E-state index < -0.39 is 0 Å². The SMILES string of the molecule is C/C([O-])=C/N=Cc1ccccc1. The van der Waals surface area contributed by atoms with Crippen molar-refractivity contribution in [3.63, 3.8) is 0 Å². The molecule has 0 spiro atoms. The highest BCUT2D eigenvalue weighted by molar-refractivity contribution is 5.79. The summed E-state index contributed by atoms with van der Waals surface area (Å²) in [6.45, 7) is 1.47. The summed E-state index contributed by atoms with van der Waals surface area (Å²) in [5, 5.41) is 10.5. The molecule has 0 heterocycles. The summed E-state index contributed by atoms with van der Waals surface area (Å²) in [7, 11) is 0. The van der Waals surface area contributed by atoms with Crippen molar-refractivity contribution in [1.82, 2.24) is 0 Å². The van der Waals surface area contributed by atoms with Crippen molar-refractivity contribution in [2.24, 2.45) is 4.99 Å². The third-order valence-electron chi connectivity index (χ3n) is 1.28. The largest absolute Gasteiger partial charge is 0.875 e. The molecular formula is C10H10NO-. The van der Waals surface area contributed by atoms with Gasteiger partial charge in [-0.1, -0.05) is 37.3 Å². The van der Waals surface area contributed by atoms with Crippen LogP contribution in [0.3, 0.4) is 0 Å². The van der Waals surface area contributed by atoms with Crippen LogP contribution in [0, 0.1) is 0 Å². The lowest BCUT2D eigenvalue weighted by atomic mass is 10.2. The number of hydrogen-bond donors (Lipinski definition) is 0. The lowest BCUT2D eigenvalue weighted by molar-refractivity contribution is -0.302. The van der Waals surface area contributed by atoms with Crippen LogP contribution < -0.4 is 5.11 Å². The second-order valence-electron chi connectivity index (χ2n) is 2.43. The van der Waals surface area contributed by atoms with Gasteiger partial charge in [-0.2, -0.15) is 0 Å². The second-order valence-corrected chi connectivity index (χ2v) is 2.43. The van der Waals surface area contributed by atoms with E-state index in [9.17, 15) is 5.11 Å². The zero-order chi connectivity index (χ0) is 8.81. The normalized spacial score (nSPS) is 12.2. The fraction of sp³-hybridized carbons (Fsp3) is 0.100. The Balaban J connectivity index is 2.64. The molecule has 62 valence electrons. The minimum Gasteiger partial charge on any atom is -0.875 e. The van der Waals surface area contributed by atoms with Crippen LogP contribution >= 0.6 is 0 Å². The smallest absolute Gasteiger partial charge is 0.0339 e. The third kappa shape index (κ3) is 3.01. The van der Waals surface area contributed by atoms with E-state index in [4.69, 9.17) is 0 Å². The van der Waals surface area contributed by atoms with Crippen LogP contribution in [0.15, 0.2) is 47.3 Å². The van der Waals surface area contributed by atoms with E-state index in [2.05, 4.69) is 4.99 Å². The number of hydrogen-bond acceptors (Lipinski definition) is 2. The van der Waals surface area contributed by atoms with E-state index in [1.165, 1.54) is 13.1 Å². The van der Waals surface area contributed by atoms with Gasteiger partial charge in [0.2, 0.25) is 0 Å². The Morgan fingerprint density at radius 1 is 1.33 bits per heavy atom. The van der Waals surface area contributed by atoms with Crippen LogP contribution in [0.4, 0.5) is 0 Å². The van der Waals surface area contributed by atoms with Crippen LogP contribution in [-0.2, 0) is 0 Å². The van der Waals surface area contributed by atoms with Gasteiger partial charge in [0, 0.05) is 12.4 Å². The molecular weight excluding hydrogens is 150 g/mol. The van der Waals surface area contributed by atoms with E-state index in [0.717, 1.165) is 5.56 Å². The van der Waals surface area contributed by atoms with Crippen LogP contribution in [0.25, 0.3) is 0 Å². The highest BCUT2D eigenvalue weighted by Crippen LogP contribution is 1.94. The standard InChI is InChI=1S/C10H11NO/c1-9(12)7-11-8-10-5-3-2-4-6-10/h2-8,12H,1H3/p-1/b9-7-,11-8?. The summed E-state index contributed by atoms with van der Waals surface area (Å²) in [5.41, 5.74) is 0.995. The molecule has 0 fully saturated rings. The predicted molar refractivity (Wildman–Crippen MR) is 47.8 cm³/mol. The molecule has 0 unspecified atom stereocenters. The van der Waals surface area contributed by atoms with Crippen molar-refractivity contribution < 1.29 is 5.11 Å². The van der Waals surface area contributed by atoms with Crippen molar-refractivity contribution in [2.75, 3.05) is 0 Å². The van der Waals surface area contributed by atoms with E-state index >= 15 is 0 Å². The first-order valence-corrected chi connectivity index (χ1v) is 3.71. The summed E-state index contributed by atoms with van der Waals surface area (Å²) in [5.74, 6) is -0.0396. The first-order chi connectivity index (χ1) is 5.79. The minimum absolute atomic E-state index is 0.0396. The maximum atomic E-state index is 10.5. The van der Waals surface area contributed by atoms with Gasteiger partial charge in [0.25, 0.3) is 0 Å². The lowest BCUT2D eigenvalue weighted by Crippen LogP contribution is -1.96. The minimum atomic E-state index is -0.0396. The maximum Gasteiger partial charge on any atom is 0.0339 e. The summed E-state index contributed by atoms with van der Waals surface area (Å²) >= 11 is 0. The Kier molecular flexibility index (Phi) is 3.08. The molecule has 0 bridgehead atoms. The molecule has 0 aliphatic heterocycles. The molecule has 0 aliphatic rings. The number of rotatable bonds is 2.